The molecule has 25 heavy (non-hydrogen) atoms. The molecule has 5 nitrogen and oxygen atoms in total. The minimum atomic E-state index is -0.473. The van der Waals surface area contributed by atoms with Crippen molar-refractivity contribution in [3.8, 4) is 0 Å². The fraction of sp³-hybridized carbons (Fsp3) is 0.632. The Hall–Kier alpha value is -1.40. The van der Waals surface area contributed by atoms with Crippen molar-refractivity contribution >= 4 is 23.5 Å². The van der Waals surface area contributed by atoms with E-state index in [0.29, 0.717) is 13.1 Å². The number of rotatable bonds is 0. The molecule has 136 valence electrons. The monoisotopic (exact) mass is 361 g/mol. The summed E-state index contributed by atoms with van der Waals surface area (Å²) in [6.07, 6.45) is 0.545. The second-order valence-corrected chi connectivity index (χ2v) is 9.38. The van der Waals surface area contributed by atoms with Gasteiger partial charge in [-0.1, -0.05) is 18.2 Å². The molecule has 1 aromatic carbocycles. The number of likely N-dealkylation sites (tertiary alicyclic amines) is 1. The fourth-order valence-electron chi connectivity index (χ4n) is 4.35. The van der Waals surface area contributed by atoms with Gasteiger partial charge >= 0.3 is 6.09 Å². The molecule has 3 aliphatic heterocycles. The van der Waals surface area contributed by atoms with E-state index in [4.69, 9.17) is 10.5 Å². The van der Waals surface area contributed by atoms with Crippen LogP contribution in [0.4, 0.5) is 10.5 Å². The van der Waals surface area contributed by atoms with Gasteiger partial charge in [-0.2, -0.15) is 11.8 Å². The molecular weight excluding hydrogens is 334 g/mol. The molecule has 6 heteroatoms. The van der Waals surface area contributed by atoms with Crippen LogP contribution in [0.25, 0.3) is 0 Å². The van der Waals surface area contributed by atoms with Gasteiger partial charge in [0.1, 0.15) is 5.60 Å². The van der Waals surface area contributed by atoms with Gasteiger partial charge in [0.15, 0.2) is 0 Å². The van der Waals surface area contributed by atoms with Crippen molar-refractivity contribution in [2.45, 2.75) is 50.1 Å². The average molecular weight is 362 g/mol. The molecule has 1 amide bonds. The molecule has 0 spiro atoms. The maximum absolute atomic E-state index is 12.5. The van der Waals surface area contributed by atoms with Crippen LogP contribution in [-0.2, 0) is 10.5 Å². The Bertz CT molecular complexity index is 702. The molecule has 3 heterocycles. The van der Waals surface area contributed by atoms with Gasteiger partial charge in [0, 0.05) is 49.2 Å². The van der Waals surface area contributed by atoms with Gasteiger partial charge in [-0.15, -0.1) is 0 Å². The molecule has 0 unspecified atom stereocenters. The van der Waals surface area contributed by atoms with Gasteiger partial charge in [0.2, 0.25) is 0 Å². The maximum atomic E-state index is 12.5. The van der Waals surface area contributed by atoms with E-state index in [0.717, 1.165) is 24.5 Å². The molecule has 2 N–H and O–H groups in total. The van der Waals surface area contributed by atoms with Crippen LogP contribution in [0.3, 0.4) is 0 Å². The van der Waals surface area contributed by atoms with Gasteiger partial charge in [0.25, 0.3) is 0 Å². The first kappa shape index (κ1) is 17.0. The standard InChI is InChI=1S/C19H27N3O2S/c1-18(2,3)24-17(23)21-8-7-19(20)15(11-21)14-6-4-5-13-12-25-10-9-22(19)16(13)14/h4-6,15H,7-12,20H2,1-3H3/t15-,19-/m0/s1. The lowest BCUT2D eigenvalue weighted by molar-refractivity contribution is 0.0144. The molecule has 0 aromatic heterocycles. The topological polar surface area (TPSA) is 58.8 Å². The van der Waals surface area contributed by atoms with E-state index in [-0.39, 0.29) is 17.7 Å². The number of fused-ring (bicyclic) bond motifs is 3. The summed E-state index contributed by atoms with van der Waals surface area (Å²) in [5.41, 5.74) is 10.1. The lowest BCUT2D eigenvalue weighted by Gasteiger charge is -2.46. The first-order valence-corrected chi connectivity index (χ1v) is 10.2. The number of nitrogens with zero attached hydrogens (tertiary/aromatic N) is 2. The highest BCUT2D eigenvalue weighted by Gasteiger charge is 2.53. The summed E-state index contributed by atoms with van der Waals surface area (Å²) in [6, 6.07) is 6.55. The predicted octanol–water partition coefficient (Wildman–Crippen LogP) is 3.13. The molecule has 0 radical (unpaired) electrons. The number of ether oxygens (including phenoxy) is 1. The first-order valence-electron chi connectivity index (χ1n) is 9.03. The van der Waals surface area contributed by atoms with Crippen molar-refractivity contribution in [1.82, 2.24) is 4.90 Å². The number of benzene rings is 1. The zero-order valence-corrected chi connectivity index (χ0v) is 16.1. The van der Waals surface area contributed by atoms with Crippen molar-refractivity contribution in [1.29, 1.82) is 0 Å². The highest BCUT2D eigenvalue weighted by molar-refractivity contribution is 7.98. The van der Waals surface area contributed by atoms with Crippen LogP contribution in [0.15, 0.2) is 18.2 Å². The van der Waals surface area contributed by atoms with Crippen LogP contribution in [0.5, 0.6) is 0 Å². The molecule has 0 aliphatic carbocycles. The number of piperidine rings is 1. The Balaban J connectivity index is 1.66. The van der Waals surface area contributed by atoms with Crippen LogP contribution < -0.4 is 10.6 Å². The third-order valence-electron chi connectivity index (χ3n) is 5.46. The highest BCUT2D eigenvalue weighted by Crippen LogP contribution is 2.52. The molecule has 4 rings (SSSR count). The van der Waals surface area contributed by atoms with Crippen LogP contribution >= 0.6 is 11.8 Å². The van der Waals surface area contributed by atoms with E-state index < -0.39 is 5.60 Å². The summed E-state index contributed by atoms with van der Waals surface area (Å²) in [6.45, 7) is 7.98. The van der Waals surface area contributed by atoms with E-state index in [1.54, 1.807) is 0 Å². The van der Waals surface area contributed by atoms with Gasteiger partial charge in [0.05, 0.1) is 5.66 Å². The number of hydrogen-bond donors (Lipinski definition) is 1. The maximum Gasteiger partial charge on any atom is 0.410 e. The summed E-state index contributed by atoms with van der Waals surface area (Å²) in [7, 11) is 0. The summed E-state index contributed by atoms with van der Waals surface area (Å²) < 4.78 is 5.59. The highest BCUT2D eigenvalue weighted by atomic mass is 32.2. The first-order chi connectivity index (χ1) is 11.8. The summed E-state index contributed by atoms with van der Waals surface area (Å²) >= 11 is 1.97. The van der Waals surface area contributed by atoms with Crippen molar-refractivity contribution in [3.63, 3.8) is 0 Å². The Labute approximate surface area is 153 Å². The summed E-state index contributed by atoms with van der Waals surface area (Å²) in [5, 5.41) is 0. The zero-order valence-electron chi connectivity index (χ0n) is 15.2. The molecule has 1 aromatic rings. The van der Waals surface area contributed by atoms with E-state index in [1.807, 2.05) is 37.4 Å². The average Bonchev–Trinajstić information content (AvgIpc) is 2.67. The summed E-state index contributed by atoms with van der Waals surface area (Å²) in [4.78, 5) is 16.8. The van der Waals surface area contributed by atoms with Gasteiger partial charge < -0.3 is 20.3 Å². The molecule has 0 bridgehead atoms. The number of anilines is 1. The lowest BCUT2D eigenvalue weighted by atomic mass is 9.83. The number of thioether (sulfide) groups is 1. The molecule has 2 atom stereocenters. The van der Waals surface area contributed by atoms with Crippen LogP contribution in [0.2, 0.25) is 0 Å². The van der Waals surface area contributed by atoms with E-state index in [9.17, 15) is 4.79 Å². The van der Waals surface area contributed by atoms with Crippen molar-refractivity contribution in [2.24, 2.45) is 5.73 Å². The smallest absolute Gasteiger partial charge is 0.410 e. The zero-order chi connectivity index (χ0) is 17.8. The van der Waals surface area contributed by atoms with Crippen LogP contribution in [0.1, 0.15) is 44.2 Å². The SMILES string of the molecule is CC(C)(C)OC(=O)N1CC[C@@]2(N)[C@@H](C1)c1cccc3c1N2CCSC3. The Morgan fingerprint density at radius 2 is 2.16 bits per heavy atom. The number of para-hydroxylation sites is 1. The van der Waals surface area contributed by atoms with E-state index in [1.165, 1.54) is 16.8 Å². The lowest BCUT2D eigenvalue weighted by Crippen LogP contribution is -2.63. The number of amides is 1. The third-order valence-corrected chi connectivity index (χ3v) is 6.44. The molecular formula is C19H27N3O2S. The second kappa shape index (κ2) is 5.81. The van der Waals surface area contributed by atoms with Crippen molar-refractivity contribution in [3.05, 3.63) is 29.3 Å². The number of nitrogens with two attached hydrogens (primary N) is 1. The van der Waals surface area contributed by atoms with E-state index in [2.05, 4.69) is 23.1 Å². The largest absolute Gasteiger partial charge is 0.444 e. The van der Waals surface area contributed by atoms with Crippen LogP contribution in [0, 0.1) is 0 Å². The summed E-state index contributed by atoms with van der Waals surface area (Å²) in [5.74, 6) is 2.28. The Morgan fingerprint density at radius 1 is 1.36 bits per heavy atom. The Kier molecular flexibility index (Phi) is 3.96. The Morgan fingerprint density at radius 3 is 2.92 bits per heavy atom. The van der Waals surface area contributed by atoms with Gasteiger partial charge in [-0.25, -0.2) is 4.79 Å². The minimum Gasteiger partial charge on any atom is -0.444 e. The number of carbonyl (C=O) groups is 1. The quantitative estimate of drug-likeness (QED) is 0.769. The number of carbonyl (C=O) groups excluding carboxylic acids is 1. The fourth-order valence-corrected chi connectivity index (χ4v) is 5.25. The van der Waals surface area contributed by atoms with E-state index >= 15 is 0 Å². The van der Waals surface area contributed by atoms with Crippen molar-refractivity contribution in [2.75, 3.05) is 30.3 Å². The van der Waals surface area contributed by atoms with Gasteiger partial charge in [-0.05, 0) is 31.9 Å². The molecule has 3 aliphatic rings. The third kappa shape index (κ3) is 2.79. The normalized spacial score (nSPS) is 28.2. The molecule has 1 saturated heterocycles. The molecule has 0 saturated carbocycles. The van der Waals surface area contributed by atoms with Crippen LogP contribution in [-0.4, -0.2) is 47.6 Å². The second-order valence-electron chi connectivity index (χ2n) is 8.28. The number of hydrogen-bond acceptors (Lipinski definition) is 5. The van der Waals surface area contributed by atoms with Crippen molar-refractivity contribution < 1.29 is 9.53 Å². The van der Waals surface area contributed by atoms with Gasteiger partial charge in [-0.3, -0.25) is 0 Å². The molecule has 1 fully saturated rings. The predicted molar refractivity (Wildman–Crippen MR) is 102 cm³/mol. The minimum absolute atomic E-state index is 0.145.